The first-order valence-electron chi connectivity index (χ1n) is 12.7. The molecule has 1 unspecified atom stereocenters. The topological polar surface area (TPSA) is 134 Å². The first-order chi connectivity index (χ1) is 17.9. The molecule has 4 rings (SSSR count). The Hall–Kier alpha value is -3.73. The van der Waals surface area contributed by atoms with E-state index in [-0.39, 0.29) is 21.9 Å². The van der Waals surface area contributed by atoms with E-state index in [9.17, 15) is 13.2 Å². The van der Waals surface area contributed by atoms with Crippen molar-refractivity contribution in [3.8, 4) is 11.3 Å². The van der Waals surface area contributed by atoms with Gasteiger partial charge in [-0.2, -0.15) is 8.42 Å². The van der Waals surface area contributed by atoms with Crippen LogP contribution in [0.25, 0.3) is 11.3 Å². The standard InChI is InChI=1S/C27H35N7O3S/c1-6-33(7-2)23-14-11-19(16-29-23)21-13-12-20(25(30-21)34-17-18(3)15-27(34,4)5)26(35)32-38(36,37)24-10-8-9-22(28)31-24/h8-14,16,18H,6-7,15,17H2,1-5H3,(H2,28,31)(H,32,35). The van der Waals surface area contributed by atoms with Crippen LogP contribution in [0.3, 0.4) is 0 Å². The van der Waals surface area contributed by atoms with Crippen molar-refractivity contribution in [1.29, 1.82) is 0 Å². The molecule has 1 aliphatic rings. The van der Waals surface area contributed by atoms with Crippen molar-refractivity contribution in [2.45, 2.75) is 51.6 Å². The summed E-state index contributed by atoms with van der Waals surface area (Å²) in [5.41, 5.74) is 6.98. The van der Waals surface area contributed by atoms with E-state index in [1.807, 2.05) is 12.1 Å². The van der Waals surface area contributed by atoms with Gasteiger partial charge in [0.05, 0.1) is 11.3 Å². The molecule has 0 aromatic carbocycles. The molecule has 0 radical (unpaired) electrons. The average Bonchev–Trinajstić information content (AvgIpc) is 3.16. The van der Waals surface area contributed by atoms with Crippen molar-refractivity contribution in [3.63, 3.8) is 0 Å². The number of anilines is 3. The third kappa shape index (κ3) is 5.57. The number of nitrogens with zero attached hydrogens (tertiary/aromatic N) is 5. The molecule has 38 heavy (non-hydrogen) atoms. The number of hydrogen-bond acceptors (Lipinski definition) is 9. The molecule has 11 heteroatoms. The maximum absolute atomic E-state index is 13.4. The van der Waals surface area contributed by atoms with Crippen molar-refractivity contribution in [1.82, 2.24) is 19.7 Å². The number of nitrogens with one attached hydrogen (secondary N) is 1. The van der Waals surface area contributed by atoms with Crippen LogP contribution >= 0.6 is 0 Å². The van der Waals surface area contributed by atoms with Crippen molar-refractivity contribution >= 4 is 33.4 Å². The van der Waals surface area contributed by atoms with Crippen LogP contribution in [0.15, 0.2) is 53.7 Å². The lowest BCUT2D eigenvalue weighted by Crippen LogP contribution is -2.41. The van der Waals surface area contributed by atoms with Gasteiger partial charge in [-0.25, -0.2) is 19.7 Å². The van der Waals surface area contributed by atoms with Gasteiger partial charge in [-0.05, 0) is 76.4 Å². The number of carbonyl (C=O) groups is 1. The SMILES string of the molecule is CCN(CC)c1ccc(-c2ccc(C(=O)NS(=O)(=O)c3cccc(N)n3)c(N3CC(C)CC3(C)C)n2)cn1. The Kier molecular flexibility index (Phi) is 7.59. The number of nitrogens with two attached hydrogens (primary N) is 1. The summed E-state index contributed by atoms with van der Waals surface area (Å²) >= 11 is 0. The molecule has 0 bridgehead atoms. The van der Waals surface area contributed by atoms with E-state index >= 15 is 0 Å². The van der Waals surface area contributed by atoms with Crippen LogP contribution in [0.1, 0.15) is 51.4 Å². The van der Waals surface area contributed by atoms with Crippen LogP contribution in [0.2, 0.25) is 0 Å². The van der Waals surface area contributed by atoms with Crippen molar-refractivity contribution < 1.29 is 13.2 Å². The van der Waals surface area contributed by atoms with Gasteiger partial charge in [0.2, 0.25) is 0 Å². The Labute approximate surface area is 224 Å². The zero-order chi connectivity index (χ0) is 27.7. The molecule has 4 heterocycles. The molecule has 3 N–H and O–H groups in total. The highest BCUT2D eigenvalue weighted by molar-refractivity contribution is 7.90. The fraction of sp³-hybridized carbons (Fsp3) is 0.407. The molecule has 1 aliphatic heterocycles. The highest BCUT2D eigenvalue weighted by atomic mass is 32.2. The minimum atomic E-state index is -4.24. The van der Waals surface area contributed by atoms with Crippen LogP contribution in [-0.2, 0) is 10.0 Å². The van der Waals surface area contributed by atoms with Gasteiger partial charge in [-0.15, -0.1) is 0 Å². The molecule has 1 saturated heterocycles. The van der Waals surface area contributed by atoms with Crippen LogP contribution in [0.5, 0.6) is 0 Å². The zero-order valence-corrected chi connectivity index (χ0v) is 23.3. The summed E-state index contributed by atoms with van der Waals surface area (Å²) in [7, 11) is -4.24. The Balaban J connectivity index is 1.74. The molecule has 1 atom stereocenters. The van der Waals surface area contributed by atoms with E-state index < -0.39 is 15.9 Å². The van der Waals surface area contributed by atoms with Gasteiger partial charge in [-0.1, -0.05) is 13.0 Å². The molecule has 3 aromatic heterocycles. The first-order valence-corrected chi connectivity index (χ1v) is 14.2. The normalized spacial score (nSPS) is 16.9. The number of sulfonamides is 1. The third-order valence-corrected chi connectivity index (χ3v) is 8.06. The Morgan fingerprint density at radius 2 is 1.87 bits per heavy atom. The van der Waals surface area contributed by atoms with E-state index in [0.717, 1.165) is 30.9 Å². The lowest BCUT2D eigenvalue weighted by molar-refractivity contribution is 0.0981. The monoisotopic (exact) mass is 537 g/mol. The summed E-state index contributed by atoms with van der Waals surface area (Å²) in [6, 6.07) is 11.5. The maximum atomic E-state index is 13.4. The number of amides is 1. The third-order valence-electron chi connectivity index (χ3n) is 6.83. The summed E-state index contributed by atoms with van der Waals surface area (Å²) in [5.74, 6) is 0.943. The van der Waals surface area contributed by atoms with Gasteiger partial charge in [0.15, 0.2) is 5.03 Å². The Bertz CT molecular complexity index is 1420. The van der Waals surface area contributed by atoms with Crippen LogP contribution < -0.4 is 20.3 Å². The van der Waals surface area contributed by atoms with Crippen LogP contribution in [0.4, 0.5) is 17.5 Å². The largest absolute Gasteiger partial charge is 0.384 e. The minimum Gasteiger partial charge on any atom is -0.384 e. The van der Waals surface area contributed by atoms with Crippen molar-refractivity contribution in [2.75, 3.05) is 35.2 Å². The molecular weight excluding hydrogens is 502 g/mol. The Morgan fingerprint density at radius 1 is 1.13 bits per heavy atom. The van der Waals surface area contributed by atoms with E-state index in [1.54, 1.807) is 18.3 Å². The van der Waals surface area contributed by atoms with Crippen LogP contribution in [-0.4, -0.2) is 54.5 Å². The number of pyridine rings is 3. The fourth-order valence-electron chi connectivity index (χ4n) is 5.03. The predicted molar refractivity (Wildman–Crippen MR) is 150 cm³/mol. The number of rotatable bonds is 8. The van der Waals surface area contributed by atoms with Gasteiger partial charge in [0.1, 0.15) is 17.5 Å². The summed E-state index contributed by atoms with van der Waals surface area (Å²) in [6.07, 6.45) is 2.68. The number of hydrogen-bond donors (Lipinski definition) is 2. The fourth-order valence-corrected chi connectivity index (χ4v) is 5.98. The smallest absolute Gasteiger partial charge is 0.281 e. The van der Waals surface area contributed by atoms with E-state index in [2.05, 4.69) is 59.1 Å². The average molecular weight is 538 g/mol. The molecule has 1 amide bonds. The summed E-state index contributed by atoms with van der Waals surface area (Å²) in [4.78, 5) is 31.0. The summed E-state index contributed by atoms with van der Waals surface area (Å²) in [6.45, 7) is 12.9. The number of nitrogen functional groups attached to an aromatic ring is 1. The highest BCUT2D eigenvalue weighted by Gasteiger charge is 2.39. The zero-order valence-electron chi connectivity index (χ0n) is 22.5. The lowest BCUT2D eigenvalue weighted by atomic mass is 9.97. The summed E-state index contributed by atoms with van der Waals surface area (Å²) < 4.78 is 28.0. The van der Waals surface area contributed by atoms with E-state index in [4.69, 9.17) is 10.7 Å². The highest BCUT2D eigenvalue weighted by Crippen LogP contribution is 2.38. The predicted octanol–water partition coefficient (Wildman–Crippen LogP) is 3.71. The second-order valence-electron chi connectivity index (χ2n) is 10.2. The molecule has 0 spiro atoms. The quantitative estimate of drug-likeness (QED) is 0.441. The van der Waals surface area contributed by atoms with Gasteiger partial charge >= 0.3 is 0 Å². The minimum absolute atomic E-state index is 0.0421. The lowest BCUT2D eigenvalue weighted by Gasteiger charge is -2.34. The Morgan fingerprint density at radius 3 is 2.45 bits per heavy atom. The van der Waals surface area contributed by atoms with E-state index in [0.29, 0.717) is 24.0 Å². The second-order valence-corrected chi connectivity index (χ2v) is 11.8. The van der Waals surface area contributed by atoms with E-state index in [1.165, 1.54) is 18.2 Å². The molecule has 1 fully saturated rings. The van der Waals surface area contributed by atoms with Crippen LogP contribution in [0, 0.1) is 5.92 Å². The molecule has 0 saturated carbocycles. The first kappa shape index (κ1) is 27.3. The van der Waals surface area contributed by atoms with Gasteiger partial charge in [-0.3, -0.25) is 4.79 Å². The molecular formula is C27H35N7O3S. The maximum Gasteiger partial charge on any atom is 0.281 e. The van der Waals surface area contributed by atoms with Gasteiger partial charge < -0.3 is 15.5 Å². The molecule has 202 valence electrons. The van der Waals surface area contributed by atoms with Gasteiger partial charge in [0, 0.05) is 36.9 Å². The van der Waals surface area contributed by atoms with Gasteiger partial charge in [0.25, 0.3) is 15.9 Å². The molecule has 0 aliphatic carbocycles. The summed E-state index contributed by atoms with van der Waals surface area (Å²) in [5, 5.41) is -0.327. The molecule has 3 aromatic rings. The number of aromatic nitrogens is 3. The van der Waals surface area contributed by atoms with Crippen molar-refractivity contribution in [3.05, 3.63) is 54.2 Å². The van der Waals surface area contributed by atoms with Crippen molar-refractivity contribution in [2.24, 2.45) is 5.92 Å². The second kappa shape index (κ2) is 10.6. The number of carbonyl (C=O) groups excluding carboxylic acids is 1. The molecule has 10 nitrogen and oxygen atoms in total.